The lowest BCUT2D eigenvalue weighted by Gasteiger charge is -2.25. The fourth-order valence-electron chi connectivity index (χ4n) is 1.24. The predicted molar refractivity (Wildman–Crippen MR) is 54.4 cm³/mol. The molecule has 0 aliphatic carbocycles. The molecule has 0 aliphatic rings. The van der Waals surface area contributed by atoms with Gasteiger partial charge in [0, 0.05) is 32.6 Å². The summed E-state index contributed by atoms with van der Waals surface area (Å²) in [5.74, 6) is 0.0822. The van der Waals surface area contributed by atoms with Crippen LogP contribution in [0, 0.1) is 0 Å². The van der Waals surface area contributed by atoms with Gasteiger partial charge < -0.3 is 16.0 Å². The average Bonchev–Trinajstić information content (AvgIpc) is 2.16. The molecule has 0 bridgehead atoms. The SMILES string of the molecule is CCC(CN)N(C)CCC(=O)NC. The van der Waals surface area contributed by atoms with E-state index in [1.807, 2.05) is 7.05 Å². The lowest BCUT2D eigenvalue weighted by atomic mass is 10.2. The van der Waals surface area contributed by atoms with E-state index in [4.69, 9.17) is 5.73 Å². The minimum Gasteiger partial charge on any atom is -0.359 e. The van der Waals surface area contributed by atoms with Crippen LogP contribution in [0.5, 0.6) is 0 Å². The highest BCUT2D eigenvalue weighted by atomic mass is 16.1. The monoisotopic (exact) mass is 187 g/mol. The fourth-order valence-corrected chi connectivity index (χ4v) is 1.24. The Labute approximate surface area is 80.5 Å². The Balaban J connectivity index is 3.71. The van der Waals surface area contributed by atoms with Crippen LogP contribution in [-0.4, -0.2) is 44.0 Å². The van der Waals surface area contributed by atoms with Gasteiger partial charge in [-0.2, -0.15) is 0 Å². The molecule has 1 unspecified atom stereocenters. The number of nitrogens with one attached hydrogen (secondary N) is 1. The molecule has 3 N–H and O–H groups in total. The Morgan fingerprint density at radius 3 is 2.62 bits per heavy atom. The second-order valence-corrected chi connectivity index (χ2v) is 3.20. The van der Waals surface area contributed by atoms with Crippen molar-refractivity contribution in [2.45, 2.75) is 25.8 Å². The van der Waals surface area contributed by atoms with Crippen molar-refractivity contribution < 1.29 is 4.79 Å². The molecule has 0 saturated heterocycles. The van der Waals surface area contributed by atoms with Crippen molar-refractivity contribution >= 4 is 5.91 Å². The normalized spacial score (nSPS) is 13.0. The van der Waals surface area contributed by atoms with Crippen molar-refractivity contribution in [2.24, 2.45) is 5.73 Å². The lowest BCUT2D eigenvalue weighted by Crippen LogP contribution is -2.39. The predicted octanol–water partition coefficient (Wildman–Crippen LogP) is -0.208. The Bertz CT molecular complexity index is 146. The molecule has 0 saturated carbocycles. The van der Waals surface area contributed by atoms with E-state index < -0.39 is 0 Å². The summed E-state index contributed by atoms with van der Waals surface area (Å²) in [5, 5.41) is 2.60. The second kappa shape index (κ2) is 6.86. The quantitative estimate of drug-likeness (QED) is 0.605. The maximum atomic E-state index is 10.9. The number of rotatable bonds is 6. The van der Waals surface area contributed by atoms with Gasteiger partial charge in [0.2, 0.25) is 5.91 Å². The zero-order valence-corrected chi connectivity index (χ0v) is 8.84. The highest BCUT2D eigenvalue weighted by molar-refractivity contribution is 5.75. The Kier molecular flexibility index (Phi) is 6.54. The first-order valence-electron chi connectivity index (χ1n) is 4.76. The average molecular weight is 187 g/mol. The van der Waals surface area contributed by atoms with Crippen LogP contribution in [0.25, 0.3) is 0 Å². The molecule has 0 rings (SSSR count). The van der Waals surface area contributed by atoms with Gasteiger partial charge in [-0.05, 0) is 13.5 Å². The van der Waals surface area contributed by atoms with Gasteiger partial charge in [0.15, 0.2) is 0 Å². The summed E-state index contributed by atoms with van der Waals surface area (Å²) < 4.78 is 0. The molecule has 0 heterocycles. The summed E-state index contributed by atoms with van der Waals surface area (Å²) >= 11 is 0. The number of nitrogens with zero attached hydrogens (tertiary/aromatic N) is 1. The smallest absolute Gasteiger partial charge is 0.221 e. The zero-order chi connectivity index (χ0) is 10.3. The number of hydrogen-bond donors (Lipinski definition) is 2. The van der Waals surface area contributed by atoms with Crippen molar-refractivity contribution in [3.05, 3.63) is 0 Å². The number of nitrogens with two attached hydrogens (primary N) is 1. The van der Waals surface area contributed by atoms with Crippen LogP contribution in [-0.2, 0) is 4.79 Å². The van der Waals surface area contributed by atoms with Gasteiger partial charge >= 0.3 is 0 Å². The largest absolute Gasteiger partial charge is 0.359 e. The van der Waals surface area contributed by atoms with Gasteiger partial charge in [0.05, 0.1) is 0 Å². The van der Waals surface area contributed by atoms with E-state index in [0.29, 0.717) is 19.0 Å². The number of carbonyl (C=O) groups excluding carboxylic acids is 1. The van der Waals surface area contributed by atoms with Gasteiger partial charge in [-0.15, -0.1) is 0 Å². The first-order chi connectivity index (χ1) is 6.15. The maximum Gasteiger partial charge on any atom is 0.221 e. The molecule has 1 atom stereocenters. The molecule has 4 heteroatoms. The van der Waals surface area contributed by atoms with E-state index in [-0.39, 0.29) is 5.91 Å². The van der Waals surface area contributed by atoms with Gasteiger partial charge in [-0.3, -0.25) is 4.79 Å². The molecule has 4 nitrogen and oxygen atoms in total. The van der Waals surface area contributed by atoms with Crippen molar-refractivity contribution in [3.8, 4) is 0 Å². The topological polar surface area (TPSA) is 58.4 Å². The van der Waals surface area contributed by atoms with Crippen LogP contribution in [0.3, 0.4) is 0 Å². The molecule has 78 valence electrons. The van der Waals surface area contributed by atoms with Crippen molar-refractivity contribution in [3.63, 3.8) is 0 Å². The number of hydrogen-bond acceptors (Lipinski definition) is 3. The Morgan fingerprint density at radius 2 is 2.23 bits per heavy atom. The van der Waals surface area contributed by atoms with E-state index >= 15 is 0 Å². The lowest BCUT2D eigenvalue weighted by molar-refractivity contribution is -0.120. The molecule has 0 spiro atoms. The molecule has 0 aromatic rings. The number of likely N-dealkylation sites (N-methyl/N-ethyl adjacent to an activating group) is 1. The van der Waals surface area contributed by atoms with Crippen molar-refractivity contribution in [1.29, 1.82) is 0 Å². The summed E-state index contributed by atoms with van der Waals surface area (Å²) in [7, 11) is 3.66. The number of carbonyl (C=O) groups is 1. The van der Waals surface area contributed by atoms with Crippen LogP contribution in [0.15, 0.2) is 0 Å². The minimum absolute atomic E-state index is 0.0822. The van der Waals surface area contributed by atoms with E-state index in [9.17, 15) is 4.79 Å². The van der Waals surface area contributed by atoms with Crippen LogP contribution in [0.1, 0.15) is 19.8 Å². The van der Waals surface area contributed by atoms with E-state index in [0.717, 1.165) is 13.0 Å². The number of amides is 1. The third-order valence-corrected chi connectivity index (χ3v) is 2.34. The van der Waals surface area contributed by atoms with Gasteiger partial charge in [-0.25, -0.2) is 0 Å². The highest BCUT2D eigenvalue weighted by Crippen LogP contribution is 2.00. The minimum atomic E-state index is 0.0822. The molecule has 0 aliphatic heterocycles. The van der Waals surface area contributed by atoms with Crippen molar-refractivity contribution in [1.82, 2.24) is 10.2 Å². The van der Waals surface area contributed by atoms with Crippen LogP contribution >= 0.6 is 0 Å². The molecule has 0 fully saturated rings. The second-order valence-electron chi connectivity index (χ2n) is 3.20. The van der Waals surface area contributed by atoms with Crippen LogP contribution < -0.4 is 11.1 Å². The highest BCUT2D eigenvalue weighted by Gasteiger charge is 2.11. The summed E-state index contributed by atoms with van der Waals surface area (Å²) in [5.41, 5.74) is 5.58. The third kappa shape index (κ3) is 4.85. The standard InChI is InChI=1S/C9H21N3O/c1-4-8(7-10)12(3)6-5-9(13)11-2/h8H,4-7,10H2,1-3H3,(H,11,13). The van der Waals surface area contributed by atoms with Gasteiger partial charge in [-0.1, -0.05) is 6.92 Å². The zero-order valence-electron chi connectivity index (χ0n) is 8.84. The molecular formula is C9H21N3O. The molecule has 0 aromatic heterocycles. The molecule has 13 heavy (non-hydrogen) atoms. The summed E-state index contributed by atoms with van der Waals surface area (Å²) in [6.45, 7) is 3.53. The molecule has 0 aromatic carbocycles. The molecule has 0 radical (unpaired) electrons. The maximum absolute atomic E-state index is 10.9. The van der Waals surface area contributed by atoms with E-state index in [2.05, 4.69) is 17.1 Å². The summed E-state index contributed by atoms with van der Waals surface area (Å²) in [6.07, 6.45) is 1.57. The van der Waals surface area contributed by atoms with E-state index in [1.54, 1.807) is 7.05 Å². The van der Waals surface area contributed by atoms with Gasteiger partial charge in [0.1, 0.15) is 0 Å². The first-order valence-corrected chi connectivity index (χ1v) is 4.76. The third-order valence-electron chi connectivity index (χ3n) is 2.34. The van der Waals surface area contributed by atoms with Gasteiger partial charge in [0.25, 0.3) is 0 Å². The molecule has 1 amide bonds. The Morgan fingerprint density at radius 1 is 1.62 bits per heavy atom. The Hall–Kier alpha value is -0.610. The fraction of sp³-hybridized carbons (Fsp3) is 0.889. The van der Waals surface area contributed by atoms with Crippen LogP contribution in [0.2, 0.25) is 0 Å². The first kappa shape index (κ1) is 12.4. The summed E-state index contributed by atoms with van der Waals surface area (Å²) in [4.78, 5) is 13.1. The molecular weight excluding hydrogens is 166 g/mol. The van der Waals surface area contributed by atoms with Crippen molar-refractivity contribution in [2.75, 3.05) is 27.2 Å². The van der Waals surface area contributed by atoms with E-state index in [1.165, 1.54) is 0 Å². The van der Waals surface area contributed by atoms with Crippen LogP contribution in [0.4, 0.5) is 0 Å². The summed E-state index contributed by atoms with van der Waals surface area (Å²) in [6, 6.07) is 0.393.